The number of hydrogen-bond donors (Lipinski definition) is 2. The number of carbonyl (C=O) groups excluding carboxylic acids is 1. The number of hydrogen-bond acceptors (Lipinski definition) is 2. The molecule has 3 N–H and O–H groups in total. The second-order valence-corrected chi connectivity index (χ2v) is 6.54. The molecule has 0 aliphatic carbocycles. The summed E-state index contributed by atoms with van der Waals surface area (Å²) in [5.74, 6) is -0.154. The van der Waals surface area contributed by atoms with Crippen molar-refractivity contribution in [2.75, 3.05) is 5.32 Å². The maximum Gasteiger partial charge on any atom is 0.256 e. The Labute approximate surface area is 144 Å². The van der Waals surface area contributed by atoms with Gasteiger partial charge in [0.25, 0.3) is 5.91 Å². The van der Waals surface area contributed by atoms with E-state index in [9.17, 15) is 4.79 Å². The lowest BCUT2D eigenvalue weighted by atomic mass is 10.2. The van der Waals surface area contributed by atoms with E-state index in [1.54, 1.807) is 30.3 Å². The molecule has 2 aromatic carbocycles. The third kappa shape index (κ3) is 3.77. The van der Waals surface area contributed by atoms with Gasteiger partial charge in [-0.05, 0) is 65.1 Å². The first-order valence-electron chi connectivity index (χ1n) is 5.63. The number of nitrogens with two attached hydrogens (primary N) is 1. The van der Waals surface area contributed by atoms with Crippen molar-refractivity contribution in [1.29, 1.82) is 0 Å². The molecule has 0 bridgehead atoms. The predicted molar refractivity (Wildman–Crippen MR) is 97.1 cm³/mol. The first-order chi connectivity index (χ1) is 9.47. The minimum atomic E-state index is -0.154. The van der Waals surface area contributed by atoms with Gasteiger partial charge in [0.15, 0.2) is 0 Å². The van der Waals surface area contributed by atoms with Crippen LogP contribution in [0, 0.1) is 3.57 Å². The highest BCUT2D eigenvalue weighted by atomic mass is 127. The first kappa shape index (κ1) is 15.4. The second-order valence-electron chi connectivity index (χ2n) is 4.02. The van der Waals surface area contributed by atoms with Crippen LogP contribution in [0.5, 0.6) is 0 Å². The highest BCUT2D eigenvalue weighted by molar-refractivity contribution is 14.1. The van der Waals surface area contributed by atoms with Gasteiger partial charge in [0.05, 0.1) is 5.56 Å². The standard InChI is InChI=1S/C14H10BrIN2OS/c15-9-3-6-12(16)11(7-9)14(19)18-10-4-1-8(2-5-10)13(17)20/h1-7H,(H2,17,20)(H,18,19). The number of anilines is 1. The van der Waals surface area contributed by atoms with E-state index in [0.717, 1.165) is 13.6 Å². The van der Waals surface area contributed by atoms with Crippen molar-refractivity contribution in [2.24, 2.45) is 5.73 Å². The van der Waals surface area contributed by atoms with Crippen LogP contribution in [0.4, 0.5) is 5.69 Å². The van der Waals surface area contributed by atoms with Crippen LogP contribution in [0.1, 0.15) is 15.9 Å². The summed E-state index contributed by atoms with van der Waals surface area (Å²) in [6, 6.07) is 12.7. The van der Waals surface area contributed by atoms with Crippen molar-refractivity contribution in [3.8, 4) is 0 Å². The van der Waals surface area contributed by atoms with E-state index in [2.05, 4.69) is 43.8 Å². The molecular weight excluding hydrogens is 451 g/mol. The van der Waals surface area contributed by atoms with Gasteiger partial charge in [-0.15, -0.1) is 0 Å². The van der Waals surface area contributed by atoms with E-state index in [0.29, 0.717) is 16.2 Å². The number of rotatable bonds is 3. The summed E-state index contributed by atoms with van der Waals surface area (Å²) < 4.78 is 1.76. The Hall–Kier alpha value is -0.990. The van der Waals surface area contributed by atoms with Gasteiger partial charge in [0, 0.05) is 19.3 Å². The minimum Gasteiger partial charge on any atom is -0.389 e. The summed E-state index contributed by atoms with van der Waals surface area (Å²) in [4.78, 5) is 12.6. The fraction of sp³-hybridized carbons (Fsp3) is 0. The second kappa shape index (κ2) is 6.64. The zero-order valence-electron chi connectivity index (χ0n) is 10.2. The molecule has 0 aliphatic heterocycles. The molecule has 1 amide bonds. The zero-order valence-corrected chi connectivity index (χ0v) is 14.8. The third-order valence-electron chi connectivity index (χ3n) is 2.60. The van der Waals surface area contributed by atoms with Crippen molar-refractivity contribution in [1.82, 2.24) is 0 Å². The Kier molecular flexibility index (Phi) is 5.11. The maximum atomic E-state index is 12.2. The molecule has 0 saturated heterocycles. The van der Waals surface area contributed by atoms with Crippen LogP contribution in [-0.4, -0.2) is 10.9 Å². The van der Waals surface area contributed by atoms with Crippen molar-refractivity contribution < 1.29 is 4.79 Å². The van der Waals surface area contributed by atoms with Crippen molar-refractivity contribution in [3.05, 3.63) is 61.6 Å². The number of thiocarbonyl (C=S) groups is 1. The molecule has 0 aliphatic rings. The monoisotopic (exact) mass is 460 g/mol. The molecule has 102 valence electrons. The SMILES string of the molecule is NC(=S)c1ccc(NC(=O)c2cc(Br)ccc2I)cc1. The first-order valence-corrected chi connectivity index (χ1v) is 7.91. The average Bonchev–Trinajstić information content (AvgIpc) is 2.42. The van der Waals surface area contributed by atoms with E-state index in [4.69, 9.17) is 18.0 Å². The number of benzene rings is 2. The Morgan fingerprint density at radius 3 is 2.45 bits per heavy atom. The van der Waals surface area contributed by atoms with E-state index in [1.807, 2.05) is 12.1 Å². The number of halogens is 2. The van der Waals surface area contributed by atoms with E-state index in [-0.39, 0.29) is 5.91 Å². The summed E-state index contributed by atoms with van der Waals surface area (Å²) >= 11 is 10.4. The van der Waals surface area contributed by atoms with E-state index >= 15 is 0 Å². The van der Waals surface area contributed by atoms with Gasteiger partial charge < -0.3 is 11.1 Å². The van der Waals surface area contributed by atoms with Crippen LogP contribution >= 0.6 is 50.7 Å². The summed E-state index contributed by atoms with van der Waals surface area (Å²) in [6.45, 7) is 0. The normalized spacial score (nSPS) is 10.1. The van der Waals surface area contributed by atoms with Crippen LogP contribution in [0.2, 0.25) is 0 Å². The fourth-order valence-corrected chi connectivity index (χ4v) is 2.67. The lowest BCUT2D eigenvalue weighted by molar-refractivity contribution is 0.102. The summed E-state index contributed by atoms with van der Waals surface area (Å²) in [5.41, 5.74) is 7.63. The Morgan fingerprint density at radius 2 is 1.85 bits per heavy atom. The third-order valence-corrected chi connectivity index (χ3v) is 4.27. The smallest absolute Gasteiger partial charge is 0.256 e. The molecule has 2 rings (SSSR count). The van der Waals surface area contributed by atoms with Crippen LogP contribution in [0.3, 0.4) is 0 Å². The van der Waals surface area contributed by atoms with Crippen molar-refractivity contribution in [2.45, 2.75) is 0 Å². The van der Waals surface area contributed by atoms with Crippen LogP contribution in [-0.2, 0) is 0 Å². The summed E-state index contributed by atoms with van der Waals surface area (Å²) in [5, 5.41) is 2.84. The quantitative estimate of drug-likeness (QED) is 0.538. The van der Waals surface area contributed by atoms with E-state index in [1.165, 1.54) is 0 Å². The Bertz CT molecular complexity index is 673. The number of amides is 1. The topological polar surface area (TPSA) is 55.1 Å². The van der Waals surface area contributed by atoms with Crippen LogP contribution in [0.25, 0.3) is 0 Å². The molecule has 0 saturated carbocycles. The van der Waals surface area contributed by atoms with E-state index < -0.39 is 0 Å². The molecule has 0 atom stereocenters. The summed E-state index contributed by atoms with van der Waals surface area (Å²) in [7, 11) is 0. The molecule has 0 spiro atoms. The predicted octanol–water partition coefficient (Wildman–Crippen LogP) is 3.94. The Balaban J connectivity index is 2.19. The number of carbonyl (C=O) groups is 1. The highest BCUT2D eigenvalue weighted by Crippen LogP contribution is 2.20. The largest absolute Gasteiger partial charge is 0.389 e. The van der Waals surface area contributed by atoms with Crippen molar-refractivity contribution in [3.63, 3.8) is 0 Å². The van der Waals surface area contributed by atoms with Gasteiger partial charge in [-0.25, -0.2) is 0 Å². The fourth-order valence-electron chi connectivity index (χ4n) is 1.59. The van der Waals surface area contributed by atoms with Crippen molar-refractivity contribution >= 4 is 67.3 Å². The van der Waals surface area contributed by atoms with Gasteiger partial charge in [-0.1, -0.05) is 28.1 Å². The molecule has 2 aromatic rings. The molecule has 3 nitrogen and oxygen atoms in total. The molecular formula is C14H10BrIN2OS. The zero-order chi connectivity index (χ0) is 14.7. The molecule has 0 fully saturated rings. The molecule has 0 heterocycles. The minimum absolute atomic E-state index is 0.154. The van der Waals surface area contributed by atoms with Crippen LogP contribution < -0.4 is 11.1 Å². The molecule has 0 radical (unpaired) electrons. The lowest BCUT2D eigenvalue weighted by Crippen LogP contribution is -2.14. The molecule has 20 heavy (non-hydrogen) atoms. The van der Waals surface area contributed by atoms with Crippen LogP contribution in [0.15, 0.2) is 46.9 Å². The number of nitrogens with one attached hydrogen (secondary N) is 1. The van der Waals surface area contributed by atoms with Gasteiger partial charge in [0.1, 0.15) is 4.99 Å². The Morgan fingerprint density at radius 1 is 1.20 bits per heavy atom. The maximum absolute atomic E-state index is 12.2. The lowest BCUT2D eigenvalue weighted by Gasteiger charge is -2.08. The van der Waals surface area contributed by atoms with Gasteiger partial charge >= 0.3 is 0 Å². The van der Waals surface area contributed by atoms with Gasteiger partial charge in [-0.3, -0.25) is 4.79 Å². The average molecular weight is 461 g/mol. The molecule has 0 aromatic heterocycles. The van der Waals surface area contributed by atoms with Gasteiger partial charge in [-0.2, -0.15) is 0 Å². The highest BCUT2D eigenvalue weighted by Gasteiger charge is 2.10. The molecule has 0 unspecified atom stereocenters. The van der Waals surface area contributed by atoms with Gasteiger partial charge in [0.2, 0.25) is 0 Å². The molecule has 6 heteroatoms. The summed E-state index contributed by atoms with van der Waals surface area (Å²) in [6.07, 6.45) is 0.